The Balaban J connectivity index is 2.69. The first kappa shape index (κ1) is 76.1. The highest BCUT2D eigenvalue weighted by atomic mass is 16.7. The van der Waals surface area contributed by atoms with Crippen LogP contribution < -0.4 is 5.32 Å². The lowest BCUT2D eigenvalue weighted by atomic mass is 9.99. The lowest BCUT2D eigenvalue weighted by Gasteiger charge is -2.41. The number of esters is 1. The lowest BCUT2D eigenvalue weighted by molar-refractivity contribution is -0.305. The summed E-state index contributed by atoms with van der Waals surface area (Å²) in [6.45, 7) is 5.62. The molecule has 11 nitrogen and oxygen atoms in total. The van der Waals surface area contributed by atoms with E-state index >= 15 is 0 Å². The van der Waals surface area contributed by atoms with E-state index in [0.717, 1.165) is 135 Å². The number of nitrogens with one attached hydrogen (secondary N) is 1. The first-order valence-corrected chi connectivity index (χ1v) is 32.8. The van der Waals surface area contributed by atoms with Crippen LogP contribution in [0.2, 0.25) is 0 Å². The average molecular weight is 1150 g/mol. The van der Waals surface area contributed by atoms with Gasteiger partial charge in [-0.25, -0.2) is 0 Å². The second-order valence-corrected chi connectivity index (χ2v) is 22.1. The second kappa shape index (κ2) is 57.5. The number of rotatable bonds is 54. The van der Waals surface area contributed by atoms with Crippen LogP contribution in [0.25, 0.3) is 0 Å². The molecular formula is C71H119NO10. The minimum absolute atomic E-state index is 0.0992. The van der Waals surface area contributed by atoms with Crippen molar-refractivity contribution in [2.75, 3.05) is 13.2 Å². The Kier molecular flexibility index (Phi) is 53.3. The molecular weight excluding hydrogens is 1030 g/mol. The van der Waals surface area contributed by atoms with E-state index in [2.05, 4.69) is 135 Å². The Morgan fingerprint density at radius 3 is 1.34 bits per heavy atom. The fourth-order valence-corrected chi connectivity index (χ4v) is 9.42. The summed E-state index contributed by atoms with van der Waals surface area (Å²) in [4.78, 5) is 26.6. The summed E-state index contributed by atoms with van der Waals surface area (Å²) in [6.07, 6.45) is 69.4. The first-order valence-electron chi connectivity index (χ1n) is 32.8. The maximum Gasteiger partial charge on any atom is 0.306 e. The predicted molar refractivity (Wildman–Crippen MR) is 342 cm³/mol. The molecule has 1 aliphatic heterocycles. The molecule has 1 amide bonds. The van der Waals surface area contributed by atoms with E-state index in [1.165, 1.54) is 70.6 Å². The van der Waals surface area contributed by atoms with Gasteiger partial charge in [-0.3, -0.25) is 9.59 Å². The van der Waals surface area contributed by atoms with Gasteiger partial charge in [-0.1, -0.05) is 251 Å². The topological polar surface area (TPSA) is 175 Å². The summed E-state index contributed by atoms with van der Waals surface area (Å²) < 4.78 is 17.6. The minimum atomic E-state index is -1.63. The third-order valence-electron chi connectivity index (χ3n) is 14.6. The molecule has 0 aromatic rings. The summed E-state index contributed by atoms with van der Waals surface area (Å²) in [5.41, 5.74) is 0. The number of carbonyl (C=O) groups is 2. The zero-order valence-corrected chi connectivity index (χ0v) is 51.8. The molecule has 1 aliphatic rings. The van der Waals surface area contributed by atoms with Gasteiger partial charge in [-0.15, -0.1) is 0 Å². The maximum atomic E-state index is 13.4. The van der Waals surface area contributed by atoms with Crippen LogP contribution in [-0.4, -0.2) is 99.6 Å². The first-order chi connectivity index (χ1) is 40.2. The summed E-state index contributed by atoms with van der Waals surface area (Å²) in [5, 5.41) is 57.1. The number of hydrogen-bond donors (Lipinski definition) is 6. The Morgan fingerprint density at radius 2 is 0.878 bits per heavy atom. The highest BCUT2D eigenvalue weighted by molar-refractivity contribution is 5.80. The van der Waals surface area contributed by atoms with Crippen LogP contribution in [-0.2, 0) is 23.8 Å². The van der Waals surface area contributed by atoms with Gasteiger partial charge in [-0.05, 0) is 116 Å². The molecule has 82 heavy (non-hydrogen) atoms. The van der Waals surface area contributed by atoms with E-state index < -0.39 is 67.4 Å². The molecule has 1 heterocycles. The van der Waals surface area contributed by atoms with Gasteiger partial charge in [0.25, 0.3) is 0 Å². The van der Waals surface area contributed by atoms with Gasteiger partial charge in [0.05, 0.1) is 25.4 Å². The van der Waals surface area contributed by atoms with E-state index in [0.29, 0.717) is 12.8 Å². The molecule has 0 aliphatic carbocycles. The molecule has 1 fully saturated rings. The van der Waals surface area contributed by atoms with Crippen molar-refractivity contribution in [1.82, 2.24) is 5.32 Å². The quantitative estimate of drug-likeness (QED) is 0.0195. The summed E-state index contributed by atoms with van der Waals surface area (Å²) in [6, 6.07) is -1.05. The predicted octanol–water partition coefficient (Wildman–Crippen LogP) is 16.2. The van der Waals surface area contributed by atoms with Gasteiger partial charge in [0.2, 0.25) is 5.91 Å². The van der Waals surface area contributed by atoms with Gasteiger partial charge in [0.1, 0.15) is 24.4 Å². The van der Waals surface area contributed by atoms with Gasteiger partial charge in [0, 0.05) is 6.42 Å². The van der Waals surface area contributed by atoms with Crippen molar-refractivity contribution in [3.63, 3.8) is 0 Å². The third kappa shape index (κ3) is 44.6. The van der Waals surface area contributed by atoms with E-state index in [1.807, 2.05) is 6.08 Å². The summed E-state index contributed by atoms with van der Waals surface area (Å²) in [7, 11) is 0. The van der Waals surface area contributed by atoms with Crippen LogP contribution in [0, 0.1) is 0 Å². The Hall–Kier alpha value is -3.94. The molecule has 0 aromatic heterocycles. The Morgan fingerprint density at radius 1 is 0.488 bits per heavy atom. The van der Waals surface area contributed by atoms with Crippen LogP contribution in [0.1, 0.15) is 252 Å². The van der Waals surface area contributed by atoms with Crippen molar-refractivity contribution >= 4 is 11.9 Å². The van der Waals surface area contributed by atoms with E-state index in [1.54, 1.807) is 6.08 Å². The van der Waals surface area contributed by atoms with Crippen LogP contribution in [0.3, 0.4) is 0 Å². The van der Waals surface area contributed by atoms with Crippen molar-refractivity contribution in [3.05, 3.63) is 122 Å². The van der Waals surface area contributed by atoms with Crippen molar-refractivity contribution in [3.8, 4) is 0 Å². The van der Waals surface area contributed by atoms with Gasteiger partial charge < -0.3 is 45.1 Å². The Labute approximate surface area is 500 Å². The number of unbranched alkanes of at least 4 members (excludes halogenated alkanes) is 22. The lowest BCUT2D eigenvalue weighted by Crippen LogP contribution is -2.61. The van der Waals surface area contributed by atoms with Gasteiger partial charge in [0.15, 0.2) is 12.4 Å². The fraction of sp³-hybridized carbons (Fsp3) is 0.690. The summed E-state index contributed by atoms with van der Waals surface area (Å²) in [5.74, 6) is -1.24. The van der Waals surface area contributed by atoms with Crippen molar-refractivity contribution in [1.29, 1.82) is 0 Å². The molecule has 0 saturated carbocycles. The Bertz CT molecular complexity index is 1800. The fourth-order valence-electron chi connectivity index (χ4n) is 9.42. The van der Waals surface area contributed by atoms with Crippen LogP contribution in [0.4, 0.5) is 0 Å². The molecule has 1 rings (SSSR count). The van der Waals surface area contributed by atoms with E-state index in [4.69, 9.17) is 14.2 Å². The van der Waals surface area contributed by atoms with Crippen molar-refractivity contribution in [2.45, 2.75) is 301 Å². The highest BCUT2D eigenvalue weighted by Crippen LogP contribution is 2.26. The zero-order chi connectivity index (χ0) is 59.6. The molecule has 8 atom stereocenters. The molecule has 11 heteroatoms. The maximum absolute atomic E-state index is 13.4. The van der Waals surface area contributed by atoms with Gasteiger partial charge >= 0.3 is 5.97 Å². The van der Waals surface area contributed by atoms with Crippen molar-refractivity contribution < 1.29 is 49.3 Å². The third-order valence-corrected chi connectivity index (χ3v) is 14.6. The molecule has 1 saturated heterocycles. The smallest absolute Gasteiger partial charge is 0.306 e. The average Bonchev–Trinajstić information content (AvgIpc) is 3.68. The van der Waals surface area contributed by atoms with Crippen LogP contribution in [0.15, 0.2) is 122 Å². The molecule has 8 unspecified atom stereocenters. The number of aliphatic hydroxyl groups excluding tert-OH is 5. The van der Waals surface area contributed by atoms with Crippen molar-refractivity contribution in [2.24, 2.45) is 0 Å². The number of amides is 1. The molecule has 0 radical (unpaired) electrons. The summed E-state index contributed by atoms with van der Waals surface area (Å²) >= 11 is 0. The standard InChI is InChI=1S/C71H119NO10/c1-4-7-10-13-16-19-22-25-27-29-31-32-33-35-36-38-40-43-46-49-52-55-58-64(75)70(79)72-62(63(74)57-54-51-48-45-42-24-21-18-15-12-9-6-3)61-80-71-69(68(78)67(77)65(60-73)81-71)82-66(76)59-56-53-50-47-44-41-39-37-34-30-28-26-23-20-17-14-11-8-5-2/h7,10,16-17,19-20,25-28,31-32,34-37,40,43,54,57,62-65,67-69,71,73-75,77-78H,4-6,8-9,11-15,18,21-24,29-30,33,38-39,41-42,44-53,55-56,58-61H2,1-3H3,(H,72,79)/b10-7-,19-16-,20-17-,27-25-,28-26-,32-31-,36-35-,37-34-,43-40-,57-54+. The SMILES string of the molecule is CC/C=C\C/C=C\C/C=C\C/C=C\C/C=C\C/C=C\CCCCCC(O)C(=O)NC(COC1OC(CO)C(O)C(O)C1OC(=O)CCCCCCCC/C=C\C/C=C\C/C=C\CCCCC)C(O)/C=C/CCCCCCCCCCCC. The second-order valence-electron chi connectivity index (χ2n) is 22.1. The minimum Gasteiger partial charge on any atom is -0.454 e. The number of hydrogen-bond acceptors (Lipinski definition) is 10. The highest BCUT2D eigenvalue weighted by Gasteiger charge is 2.47. The number of carbonyl (C=O) groups excluding carboxylic acids is 2. The van der Waals surface area contributed by atoms with E-state index in [9.17, 15) is 35.1 Å². The number of aliphatic hydroxyl groups is 5. The van der Waals surface area contributed by atoms with Crippen LogP contribution >= 0.6 is 0 Å². The molecule has 468 valence electrons. The monoisotopic (exact) mass is 1150 g/mol. The normalized spacial score (nSPS) is 19.4. The molecule has 6 N–H and O–H groups in total. The number of ether oxygens (including phenoxy) is 3. The molecule has 0 spiro atoms. The zero-order valence-electron chi connectivity index (χ0n) is 51.8. The number of allylic oxidation sites excluding steroid dienone is 19. The van der Waals surface area contributed by atoms with E-state index in [-0.39, 0.29) is 19.4 Å². The largest absolute Gasteiger partial charge is 0.454 e. The molecule has 0 bridgehead atoms. The van der Waals surface area contributed by atoms with Crippen LogP contribution in [0.5, 0.6) is 0 Å². The molecule has 0 aromatic carbocycles. The van der Waals surface area contributed by atoms with Gasteiger partial charge in [-0.2, -0.15) is 0 Å².